The molecule has 0 saturated carbocycles. The number of aromatic nitrogens is 2. The molecule has 0 unspecified atom stereocenters. The van der Waals surface area contributed by atoms with E-state index in [0.29, 0.717) is 37.0 Å². The van der Waals surface area contributed by atoms with E-state index in [2.05, 4.69) is 15.3 Å². The zero-order valence-electron chi connectivity index (χ0n) is 16.3. The zero-order valence-corrected chi connectivity index (χ0v) is 16.3. The van der Waals surface area contributed by atoms with E-state index in [1.165, 1.54) is 0 Å². The number of carbonyl (C=O) groups is 1. The maximum Gasteiger partial charge on any atom is 0.317 e. The molecule has 0 atom stereocenters. The largest absolute Gasteiger partial charge is 0.493 e. The summed E-state index contributed by atoms with van der Waals surface area (Å²) >= 11 is 0. The number of likely N-dealkylation sites (tertiary alicyclic amines) is 1. The number of amides is 2. The Morgan fingerprint density at radius 3 is 2.64 bits per heavy atom. The fraction of sp³-hybridized carbons (Fsp3) is 0.450. The average molecular weight is 386 g/mol. The van der Waals surface area contributed by atoms with E-state index in [1.54, 1.807) is 32.8 Å². The lowest BCUT2D eigenvalue weighted by Gasteiger charge is -2.31. The highest BCUT2D eigenvalue weighted by atomic mass is 16.5. The second kappa shape index (κ2) is 9.77. The molecule has 1 fully saturated rings. The van der Waals surface area contributed by atoms with Gasteiger partial charge in [0.05, 0.1) is 20.4 Å². The lowest BCUT2D eigenvalue weighted by Crippen LogP contribution is -2.46. The Bertz CT molecular complexity index is 764. The maximum absolute atomic E-state index is 12.4. The van der Waals surface area contributed by atoms with E-state index in [9.17, 15) is 4.79 Å². The predicted molar refractivity (Wildman–Crippen MR) is 104 cm³/mol. The molecule has 1 aliphatic rings. The summed E-state index contributed by atoms with van der Waals surface area (Å²) in [7, 11) is 3.22. The van der Waals surface area contributed by atoms with Gasteiger partial charge < -0.3 is 24.4 Å². The number of urea groups is 1. The van der Waals surface area contributed by atoms with Gasteiger partial charge in [0, 0.05) is 44.9 Å². The number of hydrogen-bond donors (Lipinski definition) is 1. The van der Waals surface area contributed by atoms with Gasteiger partial charge in [-0.25, -0.2) is 9.78 Å². The van der Waals surface area contributed by atoms with Crippen LogP contribution in [0.15, 0.2) is 36.8 Å². The minimum atomic E-state index is -0.0431. The third-order valence-corrected chi connectivity index (χ3v) is 4.69. The number of rotatable bonds is 7. The number of methoxy groups -OCH3 is 2. The smallest absolute Gasteiger partial charge is 0.317 e. The average Bonchev–Trinajstić information content (AvgIpc) is 2.74. The molecule has 0 spiro atoms. The summed E-state index contributed by atoms with van der Waals surface area (Å²) in [5, 5.41) is 2.98. The normalized spacial score (nSPS) is 14.4. The highest BCUT2D eigenvalue weighted by Crippen LogP contribution is 2.27. The van der Waals surface area contributed by atoms with E-state index in [-0.39, 0.29) is 12.1 Å². The van der Waals surface area contributed by atoms with Crippen molar-refractivity contribution in [1.82, 2.24) is 20.2 Å². The van der Waals surface area contributed by atoms with Crippen molar-refractivity contribution < 1.29 is 19.0 Å². The van der Waals surface area contributed by atoms with Gasteiger partial charge in [-0.1, -0.05) is 6.07 Å². The molecule has 1 saturated heterocycles. The molecule has 0 aliphatic carbocycles. The van der Waals surface area contributed by atoms with E-state index in [4.69, 9.17) is 14.2 Å². The summed E-state index contributed by atoms with van der Waals surface area (Å²) in [5.74, 6) is 1.92. The molecule has 0 radical (unpaired) electrons. The highest BCUT2D eigenvalue weighted by Gasteiger charge is 2.24. The molecule has 2 aromatic rings. The molecule has 2 amide bonds. The SMILES string of the molecule is COc1ccc(CCNC(=O)N2CCC(Oc3cnccn3)CC2)cc1OC. The van der Waals surface area contributed by atoms with Crippen LogP contribution in [0.25, 0.3) is 0 Å². The molecule has 1 N–H and O–H groups in total. The molecule has 1 aliphatic heterocycles. The van der Waals surface area contributed by atoms with Crippen LogP contribution in [0.2, 0.25) is 0 Å². The second-order valence-electron chi connectivity index (χ2n) is 6.52. The van der Waals surface area contributed by atoms with E-state index in [1.807, 2.05) is 23.1 Å². The van der Waals surface area contributed by atoms with Crippen LogP contribution in [-0.2, 0) is 6.42 Å². The van der Waals surface area contributed by atoms with Gasteiger partial charge in [-0.2, -0.15) is 0 Å². The maximum atomic E-state index is 12.4. The van der Waals surface area contributed by atoms with Crippen molar-refractivity contribution in [1.29, 1.82) is 0 Å². The molecular weight excluding hydrogens is 360 g/mol. The highest BCUT2D eigenvalue weighted by molar-refractivity contribution is 5.74. The number of nitrogens with one attached hydrogen (secondary N) is 1. The van der Waals surface area contributed by atoms with Gasteiger partial charge in [-0.3, -0.25) is 4.98 Å². The third kappa shape index (κ3) is 5.25. The number of carbonyl (C=O) groups excluding carboxylic acids is 1. The van der Waals surface area contributed by atoms with Gasteiger partial charge in [0.2, 0.25) is 5.88 Å². The summed E-state index contributed by atoms with van der Waals surface area (Å²) in [6, 6.07) is 5.74. The zero-order chi connectivity index (χ0) is 19.8. The van der Waals surface area contributed by atoms with Crippen molar-refractivity contribution >= 4 is 6.03 Å². The van der Waals surface area contributed by atoms with Gasteiger partial charge in [0.25, 0.3) is 0 Å². The summed E-state index contributed by atoms with van der Waals surface area (Å²) in [5.41, 5.74) is 1.08. The second-order valence-corrected chi connectivity index (χ2v) is 6.52. The van der Waals surface area contributed by atoms with Crippen LogP contribution in [-0.4, -0.2) is 60.9 Å². The monoisotopic (exact) mass is 386 g/mol. The van der Waals surface area contributed by atoms with Crippen LogP contribution in [0.1, 0.15) is 18.4 Å². The van der Waals surface area contributed by atoms with Crippen LogP contribution < -0.4 is 19.5 Å². The Hall–Kier alpha value is -3.03. The number of benzene rings is 1. The Labute approximate surface area is 164 Å². The fourth-order valence-electron chi connectivity index (χ4n) is 3.16. The summed E-state index contributed by atoms with van der Waals surface area (Å²) < 4.78 is 16.4. The number of nitrogens with zero attached hydrogens (tertiary/aromatic N) is 3. The summed E-state index contributed by atoms with van der Waals surface area (Å²) in [6.07, 6.45) is 7.16. The molecule has 28 heavy (non-hydrogen) atoms. The Kier molecular flexibility index (Phi) is 6.89. The van der Waals surface area contributed by atoms with Crippen molar-refractivity contribution in [3.63, 3.8) is 0 Å². The van der Waals surface area contributed by atoms with Crippen LogP contribution in [0.3, 0.4) is 0 Å². The fourth-order valence-corrected chi connectivity index (χ4v) is 3.16. The lowest BCUT2D eigenvalue weighted by molar-refractivity contribution is 0.107. The quantitative estimate of drug-likeness (QED) is 0.786. The molecular formula is C20H26N4O4. The Morgan fingerprint density at radius 1 is 1.18 bits per heavy atom. The summed E-state index contributed by atoms with van der Waals surface area (Å²) in [6.45, 7) is 1.88. The minimum absolute atomic E-state index is 0.0431. The Morgan fingerprint density at radius 2 is 1.96 bits per heavy atom. The third-order valence-electron chi connectivity index (χ3n) is 4.69. The first-order chi connectivity index (χ1) is 13.7. The first kappa shape index (κ1) is 19.7. The van der Waals surface area contributed by atoms with Crippen molar-refractivity contribution in [2.75, 3.05) is 33.9 Å². The standard InChI is InChI=1S/C20H26N4O4/c1-26-17-4-3-15(13-18(17)27-2)5-8-23-20(25)24-11-6-16(7-12-24)28-19-14-21-9-10-22-19/h3-4,9-10,13-14,16H,5-8,11-12H2,1-2H3,(H,23,25). The van der Waals surface area contributed by atoms with Crippen molar-refractivity contribution in [3.05, 3.63) is 42.4 Å². The first-order valence-corrected chi connectivity index (χ1v) is 9.36. The van der Waals surface area contributed by atoms with E-state index >= 15 is 0 Å². The van der Waals surface area contributed by atoms with E-state index < -0.39 is 0 Å². The minimum Gasteiger partial charge on any atom is -0.493 e. The van der Waals surface area contributed by atoms with Gasteiger partial charge in [-0.05, 0) is 24.1 Å². The first-order valence-electron chi connectivity index (χ1n) is 9.36. The predicted octanol–water partition coefficient (Wildman–Crippen LogP) is 2.29. The molecule has 8 nitrogen and oxygen atoms in total. The molecule has 3 rings (SSSR count). The van der Waals surface area contributed by atoms with Crippen LogP contribution in [0, 0.1) is 0 Å². The van der Waals surface area contributed by atoms with Crippen LogP contribution in [0.4, 0.5) is 4.79 Å². The van der Waals surface area contributed by atoms with Crippen LogP contribution in [0.5, 0.6) is 17.4 Å². The van der Waals surface area contributed by atoms with Gasteiger partial charge >= 0.3 is 6.03 Å². The van der Waals surface area contributed by atoms with Crippen molar-refractivity contribution in [2.24, 2.45) is 0 Å². The molecule has 8 heteroatoms. The van der Waals surface area contributed by atoms with Gasteiger partial charge in [0.15, 0.2) is 11.5 Å². The molecule has 1 aromatic heterocycles. The molecule has 1 aromatic carbocycles. The Balaban J connectivity index is 1.40. The van der Waals surface area contributed by atoms with Crippen molar-refractivity contribution in [3.8, 4) is 17.4 Å². The summed E-state index contributed by atoms with van der Waals surface area (Å²) in [4.78, 5) is 22.3. The number of ether oxygens (including phenoxy) is 3. The van der Waals surface area contributed by atoms with Crippen molar-refractivity contribution in [2.45, 2.75) is 25.4 Å². The number of piperidine rings is 1. The molecule has 0 bridgehead atoms. The van der Waals surface area contributed by atoms with E-state index in [0.717, 1.165) is 24.8 Å². The lowest BCUT2D eigenvalue weighted by atomic mass is 10.1. The van der Waals surface area contributed by atoms with Crippen LogP contribution >= 0.6 is 0 Å². The molecule has 150 valence electrons. The van der Waals surface area contributed by atoms with Gasteiger partial charge in [-0.15, -0.1) is 0 Å². The topological polar surface area (TPSA) is 85.8 Å². The number of hydrogen-bond acceptors (Lipinski definition) is 6. The van der Waals surface area contributed by atoms with Gasteiger partial charge in [0.1, 0.15) is 6.10 Å². The molecule has 2 heterocycles.